The fraction of sp³-hybridized carbons (Fsp3) is 0.111. The first-order valence-corrected chi connectivity index (χ1v) is 10.4. The van der Waals surface area contributed by atoms with Crippen LogP contribution >= 0.6 is 0 Å². The summed E-state index contributed by atoms with van der Waals surface area (Å²) >= 11 is 0. The lowest BCUT2D eigenvalue weighted by molar-refractivity contribution is 0.0599. The van der Waals surface area contributed by atoms with Gasteiger partial charge in [-0.3, -0.25) is 9.59 Å². The fourth-order valence-electron chi connectivity index (χ4n) is 3.09. The third-order valence-electron chi connectivity index (χ3n) is 4.87. The number of carboxylic acid groups (broad SMARTS) is 1. The van der Waals surface area contributed by atoms with Crippen molar-refractivity contribution in [3.63, 3.8) is 0 Å². The molecule has 0 unspecified atom stereocenters. The number of hydrogen-bond donors (Lipinski definition) is 1. The summed E-state index contributed by atoms with van der Waals surface area (Å²) in [7, 11) is 1.33. The van der Waals surface area contributed by atoms with Crippen molar-refractivity contribution in [2.24, 2.45) is 0 Å². The smallest absolute Gasteiger partial charge is 0.337 e. The van der Waals surface area contributed by atoms with Gasteiger partial charge in [-0.05, 0) is 48.5 Å². The largest absolute Gasteiger partial charge is 0.478 e. The second kappa shape index (κ2) is 10.9. The molecule has 4 aromatic rings. The van der Waals surface area contributed by atoms with Crippen LogP contribution in [0.1, 0.15) is 55.7 Å². The van der Waals surface area contributed by atoms with Crippen molar-refractivity contribution in [3.8, 4) is 22.6 Å². The summed E-state index contributed by atoms with van der Waals surface area (Å²) in [6, 6.07) is 19.8. The number of hydrogen-bond acceptors (Lipinski definition) is 7. The minimum Gasteiger partial charge on any atom is -0.478 e. The van der Waals surface area contributed by atoms with E-state index >= 15 is 0 Å². The first kappa shape index (κ1) is 24.9. The molecule has 0 fully saturated rings. The molecule has 0 amide bonds. The fourth-order valence-corrected chi connectivity index (χ4v) is 3.09. The molecule has 0 saturated carbocycles. The van der Waals surface area contributed by atoms with Gasteiger partial charge in [-0.2, -0.15) is 0 Å². The summed E-state index contributed by atoms with van der Waals surface area (Å²) in [5.41, 5.74) is 1.99. The lowest BCUT2D eigenvalue weighted by Gasteiger charge is -2.01. The van der Waals surface area contributed by atoms with Crippen molar-refractivity contribution in [2.45, 2.75) is 13.8 Å². The van der Waals surface area contributed by atoms with Gasteiger partial charge in [0.05, 0.1) is 18.2 Å². The number of aromatic carboxylic acids is 1. The van der Waals surface area contributed by atoms with Crippen LogP contribution in [0.4, 0.5) is 0 Å². The van der Waals surface area contributed by atoms with Gasteiger partial charge >= 0.3 is 11.9 Å². The molecule has 1 N–H and O–H groups in total. The van der Waals surface area contributed by atoms with Crippen LogP contribution in [0.15, 0.2) is 81.6 Å². The number of ketones is 2. The minimum absolute atomic E-state index is 0.134. The van der Waals surface area contributed by atoms with E-state index in [-0.39, 0.29) is 22.9 Å². The lowest BCUT2D eigenvalue weighted by Crippen LogP contribution is -2.00. The SMILES string of the molecule is CC(=O)c1ccc(-c2cccc(C(=O)O)c2)o1.COC(=O)c1cccc(-c2ccc(C(C)=O)o2)c1. The number of carboxylic acids is 1. The minimum atomic E-state index is -0.995. The molecule has 0 radical (unpaired) electrons. The van der Waals surface area contributed by atoms with Crippen molar-refractivity contribution >= 4 is 23.5 Å². The topological polar surface area (TPSA) is 124 Å². The molecule has 2 aromatic carbocycles. The molecule has 8 heteroatoms. The number of carbonyl (C=O) groups excluding carboxylic acids is 3. The highest BCUT2D eigenvalue weighted by molar-refractivity contribution is 5.93. The maximum Gasteiger partial charge on any atom is 0.337 e. The first-order valence-electron chi connectivity index (χ1n) is 10.4. The normalized spacial score (nSPS) is 10.1. The molecule has 4 rings (SSSR count). The zero-order valence-electron chi connectivity index (χ0n) is 19.2. The van der Waals surface area contributed by atoms with E-state index in [4.69, 9.17) is 13.9 Å². The standard InChI is InChI=1S/C14H12O4.C13H10O4/c1-9(15)12-6-7-13(18-12)10-4-3-5-11(8-10)14(16)17-2;1-8(14)11-5-6-12(17-11)9-3-2-4-10(7-9)13(15)16/h3-8H,1-2H3;2-7H,1H3,(H,15,16). The molecular weight excluding hydrogens is 452 g/mol. The highest BCUT2D eigenvalue weighted by Crippen LogP contribution is 2.24. The molecule has 0 aliphatic carbocycles. The van der Waals surface area contributed by atoms with Gasteiger partial charge in [0.2, 0.25) is 0 Å². The molecule has 178 valence electrons. The van der Waals surface area contributed by atoms with Gasteiger partial charge in [-0.1, -0.05) is 24.3 Å². The van der Waals surface area contributed by atoms with Crippen LogP contribution in [0.3, 0.4) is 0 Å². The molecule has 0 aliphatic rings. The van der Waals surface area contributed by atoms with Gasteiger partial charge in [-0.25, -0.2) is 9.59 Å². The van der Waals surface area contributed by atoms with Crippen molar-refractivity contribution in [3.05, 3.63) is 95.4 Å². The Balaban J connectivity index is 0.000000196. The van der Waals surface area contributed by atoms with Crippen LogP contribution in [0.5, 0.6) is 0 Å². The van der Waals surface area contributed by atoms with Crippen LogP contribution < -0.4 is 0 Å². The van der Waals surface area contributed by atoms with Gasteiger partial charge in [0.25, 0.3) is 0 Å². The molecule has 0 atom stereocenters. The third-order valence-corrected chi connectivity index (χ3v) is 4.87. The highest BCUT2D eigenvalue weighted by Gasteiger charge is 2.12. The summed E-state index contributed by atoms with van der Waals surface area (Å²) in [4.78, 5) is 44.4. The van der Waals surface area contributed by atoms with E-state index in [9.17, 15) is 19.2 Å². The van der Waals surface area contributed by atoms with Crippen LogP contribution in [0.2, 0.25) is 0 Å². The van der Waals surface area contributed by atoms with Crippen LogP contribution in [-0.4, -0.2) is 35.7 Å². The number of Topliss-reactive ketones (excluding diaryl/α,β-unsaturated/α-hetero) is 2. The third kappa shape index (κ3) is 6.20. The Bertz CT molecular complexity index is 1390. The Morgan fingerprint density at radius 1 is 0.686 bits per heavy atom. The first-order chi connectivity index (χ1) is 16.7. The number of esters is 1. The number of benzene rings is 2. The molecular formula is C27H22O8. The van der Waals surface area contributed by atoms with E-state index in [0.29, 0.717) is 28.4 Å². The summed E-state index contributed by atoms with van der Waals surface area (Å²) in [6.45, 7) is 2.85. The van der Waals surface area contributed by atoms with Gasteiger partial charge in [0, 0.05) is 25.0 Å². The Labute approximate surface area is 200 Å². The number of methoxy groups -OCH3 is 1. The number of ether oxygens (including phenoxy) is 1. The summed E-state index contributed by atoms with van der Waals surface area (Å²) < 4.78 is 15.4. The highest BCUT2D eigenvalue weighted by atomic mass is 16.5. The Kier molecular flexibility index (Phi) is 7.78. The van der Waals surface area contributed by atoms with Crippen LogP contribution in [0, 0.1) is 0 Å². The Morgan fingerprint density at radius 3 is 1.54 bits per heavy atom. The molecule has 0 saturated heterocycles. The van der Waals surface area contributed by atoms with E-state index in [1.165, 1.54) is 33.1 Å². The average Bonchev–Trinajstić information content (AvgIpc) is 3.55. The zero-order valence-corrected chi connectivity index (χ0v) is 19.2. The predicted octanol–water partition coefficient (Wildman–Crippen LogP) is 5.78. The molecule has 8 nitrogen and oxygen atoms in total. The monoisotopic (exact) mass is 474 g/mol. The van der Waals surface area contributed by atoms with Crippen molar-refractivity contribution in [2.75, 3.05) is 7.11 Å². The van der Waals surface area contributed by atoms with Crippen molar-refractivity contribution in [1.29, 1.82) is 0 Å². The molecule has 0 aliphatic heterocycles. The summed E-state index contributed by atoms with van der Waals surface area (Å²) in [5.74, 6) is -0.102. The predicted molar refractivity (Wildman–Crippen MR) is 127 cm³/mol. The maximum atomic E-state index is 11.4. The van der Waals surface area contributed by atoms with E-state index in [0.717, 1.165) is 5.56 Å². The molecule has 2 heterocycles. The second-order valence-electron chi connectivity index (χ2n) is 7.40. The van der Waals surface area contributed by atoms with Crippen LogP contribution in [0.25, 0.3) is 22.6 Å². The summed E-state index contributed by atoms with van der Waals surface area (Å²) in [6.07, 6.45) is 0. The second-order valence-corrected chi connectivity index (χ2v) is 7.40. The average molecular weight is 474 g/mol. The number of carbonyl (C=O) groups is 4. The molecule has 0 spiro atoms. The molecule has 35 heavy (non-hydrogen) atoms. The van der Waals surface area contributed by atoms with Gasteiger partial charge in [0.15, 0.2) is 23.1 Å². The molecule has 0 bridgehead atoms. The van der Waals surface area contributed by atoms with Crippen molar-refractivity contribution < 1.29 is 37.9 Å². The Hall–Kier alpha value is -4.72. The van der Waals surface area contributed by atoms with Gasteiger partial charge < -0.3 is 18.7 Å². The Morgan fingerprint density at radius 2 is 1.14 bits per heavy atom. The lowest BCUT2D eigenvalue weighted by atomic mass is 10.1. The van der Waals surface area contributed by atoms with Gasteiger partial charge in [0.1, 0.15) is 11.5 Å². The van der Waals surface area contributed by atoms with E-state index in [1.807, 2.05) is 0 Å². The maximum absolute atomic E-state index is 11.4. The van der Waals surface area contributed by atoms with Crippen molar-refractivity contribution in [1.82, 2.24) is 0 Å². The number of rotatable bonds is 6. The van der Waals surface area contributed by atoms with E-state index < -0.39 is 11.9 Å². The molecule has 2 aromatic heterocycles. The van der Waals surface area contributed by atoms with E-state index in [2.05, 4.69) is 4.74 Å². The summed E-state index contributed by atoms with van der Waals surface area (Å²) in [5, 5.41) is 8.86. The van der Waals surface area contributed by atoms with Gasteiger partial charge in [-0.15, -0.1) is 0 Å². The quantitative estimate of drug-likeness (QED) is 0.275. The van der Waals surface area contributed by atoms with Crippen LogP contribution in [-0.2, 0) is 4.74 Å². The zero-order chi connectivity index (χ0) is 25.5. The number of furan rings is 2. The van der Waals surface area contributed by atoms with E-state index in [1.54, 1.807) is 60.7 Å².